The highest BCUT2D eigenvalue weighted by molar-refractivity contribution is 6.29. The molecule has 1 unspecified atom stereocenters. The van der Waals surface area contributed by atoms with E-state index in [2.05, 4.69) is 27.2 Å². The molecule has 1 aliphatic rings. The highest BCUT2D eigenvalue weighted by atomic mass is 35.5. The lowest BCUT2D eigenvalue weighted by atomic mass is 9.99. The summed E-state index contributed by atoms with van der Waals surface area (Å²) in [5, 5.41) is 3.98. The van der Waals surface area contributed by atoms with E-state index in [1.165, 1.54) is 12.8 Å². The van der Waals surface area contributed by atoms with Crippen molar-refractivity contribution < 1.29 is 0 Å². The average molecular weight is 269 g/mol. The van der Waals surface area contributed by atoms with E-state index in [0.29, 0.717) is 5.15 Å². The fourth-order valence-electron chi connectivity index (χ4n) is 2.49. The molecule has 0 amide bonds. The molecule has 0 spiro atoms. The van der Waals surface area contributed by atoms with Gasteiger partial charge in [0.25, 0.3) is 0 Å². The topological polar surface area (TPSA) is 41.1 Å². The Labute approximate surface area is 114 Å². The van der Waals surface area contributed by atoms with Gasteiger partial charge in [0, 0.05) is 12.2 Å². The van der Waals surface area contributed by atoms with Gasteiger partial charge in [-0.2, -0.15) is 0 Å². The van der Waals surface area contributed by atoms with E-state index in [-0.39, 0.29) is 0 Å². The molecule has 1 fully saturated rings. The maximum absolute atomic E-state index is 5.95. The minimum absolute atomic E-state index is 0.533. The van der Waals surface area contributed by atoms with E-state index in [0.717, 1.165) is 43.6 Å². The molecule has 2 rings (SSSR count). The minimum atomic E-state index is 0.533. The summed E-state index contributed by atoms with van der Waals surface area (Å²) in [6.07, 6.45) is 2.60. The van der Waals surface area contributed by atoms with Crippen LogP contribution >= 0.6 is 11.6 Å². The van der Waals surface area contributed by atoms with Crippen LogP contribution in [0, 0.1) is 12.8 Å². The maximum atomic E-state index is 5.95. The van der Waals surface area contributed by atoms with Gasteiger partial charge in [-0.15, -0.1) is 0 Å². The van der Waals surface area contributed by atoms with Crippen LogP contribution in [0.15, 0.2) is 6.07 Å². The summed E-state index contributed by atoms with van der Waals surface area (Å²) >= 11 is 5.95. The van der Waals surface area contributed by atoms with E-state index < -0.39 is 0 Å². The summed E-state index contributed by atoms with van der Waals surface area (Å²) in [6.45, 7) is 6.08. The van der Waals surface area contributed by atoms with Gasteiger partial charge in [-0.25, -0.2) is 9.97 Å². The minimum Gasteiger partial charge on any atom is -0.316 e. The first-order valence-electron chi connectivity index (χ1n) is 6.53. The SMILES string of the molecule is Cc1cc(Cl)nc(CN(C)CC2CCCNC2)n1. The lowest BCUT2D eigenvalue weighted by Gasteiger charge is -2.27. The molecule has 1 N–H and O–H groups in total. The number of halogens is 1. The third-order valence-electron chi connectivity index (χ3n) is 3.25. The Bertz CT molecular complexity index is 370. The molecule has 0 radical (unpaired) electrons. The van der Waals surface area contributed by atoms with Gasteiger partial charge in [-0.3, -0.25) is 4.90 Å². The number of aryl methyl sites for hydroxylation is 1. The quantitative estimate of drug-likeness (QED) is 0.847. The van der Waals surface area contributed by atoms with Crippen molar-refractivity contribution in [1.29, 1.82) is 0 Å². The first-order chi connectivity index (χ1) is 8.63. The molecule has 0 saturated carbocycles. The molecule has 1 aliphatic heterocycles. The second-order valence-electron chi connectivity index (χ2n) is 5.16. The number of nitrogens with zero attached hydrogens (tertiary/aromatic N) is 3. The Kier molecular flexibility index (Phi) is 4.92. The Morgan fingerprint density at radius 3 is 3.00 bits per heavy atom. The molecule has 1 aromatic heterocycles. The van der Waals surface area contributed by atoms with Crippen LogP contribution in [0.25, 0.3) is 0 Å². The van der Waals surface area contributed by atoms with Crippen LogP contribution in [0.5, 0.6) is 0 Å². The second kappa shape index (κ2) is 6.45. The summed E-state index contributed by atoms with van der Waals surface area (Å²) in [5.41, 5.74) is 0.928. The van der Waals surface area contributed by atoms with Crippen molar-refractivity contribution in [3.8, 4) is 0 Å². The molecular weight excluding hydrogens is 248 g/mol. The molecular formula is C13H21ClN4. The molecule has 1 atom stereocenters. The molecule has 2 heterocycles. The van der Waals surface area contributed by atoms with Crippen molar-refractivity contribution >= 4 is 11.6 Å². The molecule has 1 aromatic rings. The van der Waals surface area contributed by atoms with Crippen LogP contribution in [0.2, 0.25) is 5.15 Å². The van der Waals surface area contributed by atoms with Gasteiger partial charge in [0.2, 0.25) is 0 Å². The monoisotopic (exact) mass is 268 g/mol. The van der Waals surface area contributed by atoms with Crippen LogP contribution in [-0.4, -0.2) is 41.5 Å². The summed E-state index contributed by atoms with van der Waals surface area (Å²) in [4.78, 5) is 11.0. The molecule has 18 heavy (non-hydrogen) atoms. The van der Waals surface area contributed by atoms with Crippen molar-refractivity contribution in [3.63, 3.8) is 0 Å². The van der Waals surface area contributed by atoms with Gasteiger partial charge in [0.05, 0.1) is 6.54 Å². The van der Waals surface area contributed by atoms with Crippen molar-refractivity contribution in [1.82, 2.24) is 20.2 Å². The second-order valence-corrected chi connectivity index (χ2v) is 5.54. The molecule has 4 nitrogen and oxygen atoms in total. The summed E-state index contributed by atoms with van der Waals surface area (Å²) in [6, 6.07) is 1.79. The largest absolute Gasteiger partial charge is 0.316 e. The maximum Gasteiger partial charge on any atom is 0.144 e. The Balaban J connectivity index is 1.87. The first-order valence-corrected chi connectivity index (χ1v) is 6.90. The van der Waals surface area contributed by atoms with Crippen LogP contribution < -0.4 is 5.32 Å². The molecule has 0 aliphatic carbocycles. The van der Waals surface area contributed by atoms with Crippen LogP contribution in [0.4, 0.5) is 0 Å². The number of aromatic nitrogens is 2. The fourth-order valence-corrected chi connectivity index (χ4v) is 2.74. The molecule has 0 bridgehead atoms. The Morgan fingerprint density at radius 2 is 2.33 bits per heavy atom. The molecule has 1 saturated heterocycles. The van der Waals surface area contributed by atoms with Crippen molar-refractivity contribution in [2.45, 2.75) is 26.3 Å². The van der Waals surface area contributed by atoms with Gasteiger partial charge in [0.1, 0.15) is 11.0 Å². The lowest BCUT2D eigenvalue weighted by Crippen LogP contribution is -2.36. The van der Waals surface area contributed by atoms with Gasteiger partial charge >= 0.3 is 0 Å². The fraction of sp³-hybridized carbons (Fsp3) is 0.692. The standard InChI is InChI=1S/C13H21ClN4/c1-10-6-12(14)17-13(16-10)9-18(2)8-11-4-3-5-15-7-11/h6,11,15H,3-5,7-9H2,1-2H3. The van der Waals surface area contributed by atoms with Crippen molar-refractivity contribution in [2.75, 3.05) is 26.7 Å². The van der Waals surface area contributed by atoms with Gasteiger partial charge in [-0.05, 0) is 51.9 Å². The Hall–Kier alpha value is -0.710. The van der Waals surface area contributed by atoms with Crippen molar-refractivity contribution in [3.05, 3.63) is 22.7 Å². The number of piperidine rings is 1. The third kappa shape index (κ3) is 4.19. The van der Waals surface area contributed by atoms with E-state index in [9.17, 15) is 0 Å². The van der Waals surface area contributed by atoms with E-state index in [1.807, 2.05) is 6.92 Å². The number of hydrogen-bond acceptors (Lipinski definition) is 4. The zero-order chi connectivity index (χ0) is 13.0. The summed E-state index contributed by atoms with van der Waals surface area (Å²) in [5.74, 6) is 1.55. The predicted octanol–water partition coefficient (Wildman–Crippen LogP) is 1.87. The van der Waals surface area contributed by atoms with Crippen LogP contribution in [0.3, 0.4) is 0 Å². The van der Waals surface area contributed by atoms with Crippen molar-refractivity contribution in [2.24, 2.45) is 5.92 Å². The smallest absolute Gasteiger partial charge is 0.144 e. The lowest BCUT2D eigenvalue weighted by molar-refractivity contribution is 0.233. The first kappa shape index (κ1) is 13.7. The van der Waals surface area contributed by atoms with Gasteiger partial charge < -0.3 is 5.32 Å². The van der Waals surface area contributed by atoms with Gasteiger partial charge in [0.15, 0.2) is 0 Å². The summed E-state index contributed by atoms with van der Waals surface area (Å²) in [7, 11) is 2.12. The van der Waals surface area contributed by atoms with Gasteiger partial charge in [-0.1, -0.05) is 11.6 Å². The predicted molar refractivity (Wildman–Crippen MR) is 73.7 cm³/mol. The zero-order valence-corrected chi connectivity index (χ0v) is 11.9. The highest BCUT2D eigenvalue weighted by Gasteiger charge is 2.15. The summed E-state index contributed by atoms with van der Waals surface area (Å²) < 4.78 is 0. The molecule has 0 aromatic carbocycles. The molecule has 5 heteroatoms. The number of hydrogen-bond donors (Lipinski definition) is 1. The van der Waals surface area contributed by atoms with E-state index in [4.69, 9.17) is 11.6 Å². The number of nitrogens with one attached hydrogen (secondary N) is 1. The van der Waals surface area contributed by atoms with Crippen LogP contribution in [0.1, 0.15) is 24.4 Å². The zero-order valence-electron chi connectivity index (χ0n) is 11.1. The Morgan fingerprint density at radius 1 is 1.50 bits per heavy atom. The normalized spacial score (nSPS) is 20.3. The average Bonchev–Trinajstić information content (AvgIpc) is 2.28. The van der Waals surface area contributed by atoms with Crippen LogP contribution in [-0.2, 0) is 6.54 Å². The number of rotatable bonds is 4. The van der Waals surface area contributed by atoms with E-state index in [1.54, 1.807) is 6.07 Å². The molecule has 100 valence electrons. The van der Waals surface area contributed by atoms with E-state index >= 15 is 0 Å². The highest BCUT2D eigenvalue weighted by Crippen LogP contribution is 2.13. The third-order valence-corrected chi connectivity index (χ3v) is 3.44.